The first-order chi connectivity index (χ1) is 10.2. The Balaban J connectivity index is 3.53. The van der Waals surface area contributed by atoms with Crippen molar-refractivity contribution in [2.24, 2.45) is 11.3 Å². The quantitative estimate of drug-likeness (QED) is 0.402. The van der Waals surface area contributed by atoms with Gasteiger partial charge in [-0.2, -0.15) is 0 Å². The number of rotatable bonds is 15. The van der Waals surface area contributed by atoms with E-state index >= 15 is 0 Å². The van der Waals surface area contributed by atoms with Crippen molar-refractivity contribution in [1.29, 1.82) is 0 Å². The molecule has 0 bridgehead atoms. The lowest BCUT2D eigenvalue weighted by molar-refractivity contribution is -0.0361. The number of hydrogen-bond donors (Lipinski definition) is 3. The monoisotopic (exact) mass is 302 g/mol. The lowest BCUT2D eigenvalue weighted by Crippen LogP contribution is -2.40. The molecule has 0 aliphatic heterocycles. The zero-order valence-electron chi connectivity index (χ0n) is 14.3. The topological polar surface area (TPSA) is 60.7 Å². The highest BCUT2D eigenvalue weighted by molar-refractivity contribution is 4.82. The molecule has 0 aliphatic carbocycles. The molecule has 128 valence electrons. The Morgan fingerprint density at radius 1 is 0.667 bits per heavy atom. The minimum Gasteiger partial charge on any atom is -0.396 e. The van der Waals surface area contributed by atoms with Gasteiger partial charge in [-0.15, -0.1) is 0 Å². The van der Waals surface area contributed by atoms with Crippen LogP contribution in [0.2, 0.25) is 0 Å². The molecule has 0 saturated heterocycles. The standard InChI is InChI=1S/C18H38O3/c1-3-4-5-6-7-8-9-10-11-12-13-17(2)18(14-19,15-20)16-21/h17,19-21H,3-16H2,1-2H3. The van der Waals surface area contributed by atoms with Crippen molar-refractivity contribution in [3.63, 3.8) is 0 Å². The average Bonchev–Trinajstić information content (AvgIpc) is 2.51. The zero-order valence-corrected chi connectivity index (χ0v) is 14.3. The molecule has 0 aromatic carbocycles. The summed E-state index contributed by atoms with van der Waals surface area (Å²) in [5.41, 5.74) is -0.709. The van der Waals surface area contributed by atoms with Gasteiger partial charge in [0.2, 0.25) is 0 Å². The Labute approximate surface area is 131 Å². The van der Waals surface area contributed by atoms with Crippen LogP contribution in [0.15, 0.2) is 0 Å². The lowest BCUT2D eigenvalue weighted by Gasteiger charge is -2.34. The van der Waals surface area contributed by atoms with Crippen LogP contribution in [-0.4, -0.2) is 35.1 Å². The van der Waals surface area contributed by atoms with Gasteiger partial charge in [0.15, 0.2) is 0 Å². The molecule has 3 nitrogen and oxygen atoms in total. The second-order valence-corrected chi connectivity index (χ2v) is 6.71. The van der Waals surface area contributed by atoms with Gasteiger partial charge in [-0.1, -0.05) is 78.1 Å². The molecule has 0 radical (unpaired) electrons. The van der Waals surface area contributed by atoms with E-state index in [0.29, 0.717) is 0 Å². The molecule has 0 heterocycles. The molecule has 0 saturated carbocycles. The third kappa shape index (κ3) is 8.80. The predicted molar refractivity (Wildman–Crippen MR) is 89.3 cm³/mol. The van der Waals surface area contributed by atoms with Gasteiger partial charge in [-0.3, -0.25) is 0 Å². The van der Waals surface area contributed by atoms with Crippen LogP contribution >= 0.6 is 0 Å². The first kappa shape index (κ1) is 20.9. The smallest absolute Gasteiger partial charge is 0.0534 e. The first-order valence-corrected chi connectivity index (χ1v) is 8.99. The van der Waals surface area contributed by atoms with E-state index in [4.69, 9.17) is 0 Å². The summed E-state index contributed by atoms with van der Waals surface area (Å²) in [6, 6.07) is 0. The molecule has 1 unspecified atom stereocenters. The highest BCUT2D eigenvalue weighted by Gasteiger charge is 2.34. The molecule has 0 spiro atoms. The van der Waals surface area contributed by atoms with Crippen LogP contribution < -0.4 is 0 Å². The van der Waals surface area contributed by atoms with E-state index in [1.807, 2.05) is 6.92 Å². The van der Waals surface area contributed by atoms with Gasteiger partial charge < -0.3 is 15.3 Å². The van der Waals surface area contributed by atoms with E-state index in [0.717, 1.165) is 12.8 Å². The van der Waals surface area contributed by atoms with Crippen molar-refractivity contribution >= 4 is 0 Å². The van der Waals surface area contributed by atoms with Gasteiger partial charge in [0, 0.05) is 5.41 Å². The van der Waals surface area contributed by atoms with E-state index in [-0.39, 0.29) is 25.7 Å². The van der Waals surface area contributed by atoms with E-state index < -0.39 is 5.41 Å². The van der Waals surface area contributed by atoms with Crippen molar-refractivity contribution in [1.82, 2.24) is 0 Å². The molecule has 1 atom stereocenters. The molecule has 0 amide bonds. The minimum absolute atomic E-state index is 0.140. The Bertz CT molecular complexity index is 206. The second-order valence-electron chi connectivity index (χ2n) is 6.71. The van der Waals surface area contributed by atoms with E-state index in [1.165, 1.54) is 57.8 Å². The number of aliphatic hydroxyl groups is 3. The molecule has 0 rings (SSSR count). The fourth-order valence-corrected chi connectivity index (χ4v) is 2.86. The second kappa shape index (κ2) is 13.5. The first-order valence-electron chi connectivity index (χ1n) is 8.99. The van der Waals surface area contributed by atoms with Gasteiger partial charge in [0.25, 0.3) is 0 Å². The molecule has 0 aromatic heterocycles. The van der Waals surface area contributed by atoms with Crippen molar-refractivity contribution in [2.75, 3.05) is 19.8 Å². The highest BCUT2D eigenvalue weighted by atomic mass is 16.3. The maximum atomic E-state index is 9.39. The number of hydrogen-bond acceptors (Lipinski definition) is 3. The summed E-state index contributed by atoms with van der Waals surface area (Å²) in [6.45, 7) is 3.85. The van der Waals surface area contributed by atoms with E-state index in [1.54, 1.807) is 0 Å². The van der Waals surface area contributed by atoms with E-state index in [9.17, 15) is 15.3 Å². The summed E-state index contributed by atoms with van der Waals surface area (Å²) in [5, 5.41) is 28.2. The van der Waals surface area contributed by atoms with Crippen LogP contribution in [0.25, 0.3) is 0 Å². The van der Waals surface area contributed by atoms with Crippen LogP contribution in [-0.2, 0) is 0 Å². The fourth-order valence-electron chi connectivity index (χ4n) is 2.86. The zero-order chi connectivity index (χ0) is 16.0. The molecule has 0 aliphatic rings. The molecule has 21 heavy (non-hydrogen) atoms. The summed E-state index contributed by atoms with van der Waals surface area (Å²) in [5.74, 6) is 0.159. The SMILES string of the molecule is CCCCCCCCCCCCC(C)C(CO)(CO)CO. The van der Waals surface area contributed by atoms with Gasteiger partial charge in [-0.25, -0.2) is 0 Å². The summed E-state index contributed by atoms with van der Waals surface area (Å²) < 4.78 is 0. The Morgan fingerprint density at radius 3 is 1.43 bits per heavy atom. The van der Waals surface area contributed by atoms with Gasteiger partial charge in [-0.05, 0) is 12.3 Å². The maximum Gasteiger partial charge on any atom is 0.0534 e. The predicted octanol–water partition coefficient (Wildman–Crippen LogP) is 3.90. The van der Waals surface area contributed by atoms with Gasteiger partial charge in [0.1, 0.15) is 0 Å². The third-order valence-corrected chi connectivity index (χ3v) is 4.98. The highest BCUT2D eigenvalue weighted by Crippen LogP contribution is 2.30. The van der Waals surface area contributed by atoms with Crippen LogP contribution in [0, 0.1) is 11.3 Å². The summed E-state index contributed by atoms with van der Waals surface area (Å²) in [6.07, 6.45) is 14.1. The van der Waals surface area contributed by atoms with Crippen LogP contribution in [0.4, 0.5) is 0 Å². The molecular weight excluding hydrogens is 264 g/mol. The minimum atomic E-state index is -0.709. The average molecular weight is 302 g/mol. The molecular formula is C18H38O3. The Hall–Kier alpha value is -0.120. The van der Waals surface area contributed by atoms with E-state index in [2.05, 4.69) is 6.92 Å². The van der Waals surface area contributed by atoms with Crippen molar-refractivity contribution in [2.45, 2.75) is 84.5 Å². The number of unbranched alkanes of at least 4 members (excludes halogenated alkanes) is 9. The molecule has 0 aromatic rings. The lowest BCUT2D eigenvalue weighted by atomic mass is 9.75. The fraction of sp³-hybridized carbons (Fsp3) is 1.00. The maximum absolute atomic E-state index is 9.39. The van der Waals surface area contributed by atoms with Gasteiger partial charge >= 0.3 is 0 Å². The Kier molecular flexibility index (Phi) is 13.5. The molecule has 0 fully saturated rings. The third-order valence-electron chi connectivity index (χ3n) is 4.98. The Morgan fingerprint density at radius 2 is 1.05 bits per heavy atom. The largest absolute Gasteiger partial charge is 0.396 e. The van der Waals surface area contributed by atoms with Crippen molar-refractivity contribution in [3.8, 4) is 0 Å². The summed E-state index contributed by atoms with van der Waals surface area (Å²) >= 11 is 0. The van der Waals surface area contributed by atoms with Gasteiger partial charge in [0.05, 0.1) is 19.8 Å². The van der Waals surface area contributed by atoms with Crippen molar-refractivity contribution in [3.05, 3.63) is 0 Å². The normalized spacial score (nSPS) is 13.6. The summed E-state index contributed by atoms with van der Waals surface area (Å²) in [7, 11) is 0. The van der Waals surface area contributed by atoms with Crippen LogP contribution in [0.5, 0.6) is 0 Å². The number of aliphatic hydroxyl groups excluding tert-OH is 3. The molecule has 3 heteroatoms. The van der Waals surface area contributed by atoms with Crippen LogP contribution in [0.3, 0.4) is 0 Å². The van der Waals surface area contributed by atoms with Crippen molar-refractivity contribution < 1.29 is 15.3 Å². The molecule has 3 N–H and O–H groups in total. The van der Waals surface area contributed by atoms with Crippen LogP contribution in [0.1, 0.15) is 84.5 Å². The summed E-state index contributed by atoms with van der Waals surface area (Å²) in [4.78, 5) is 0.